The average Bonchev–Trinajstić information content (AvgIpc) is 2.43. The molecule has 2 rings (SSSR count). The van der Waals surface area contributed by atoms with Crippen molar-refractivity contribution in [2.45, 2.75) is 38.5 Å². The molecule has 1 aromatic rings. The van der Waals surface area contributed by atoms with Crippen molar-refractivity contribution in [1.82, 2.24) is 15.6 Å². The summed E-state index contributed by atoms with van der Waals surface area (Å²) in [6, 6.07) is 2.71. The number of pyridine rings is 1. The first kappa shape index (κ1) is 15.2. The van der Waals surface area contributed by atoms with E-state index in [0.29, 0.717) is 12.3 Å². The van der Waals surface area contributed by atoms with E-state index in [2.05, 4.69) is 15.6 Å². The Hall–Kier alpha value is -2.15. The molecule has 0 atom stereocenters. The van der Waals surface area contributed by atoms with Gasteiger partial charge in [-0.15, -0.1) is 0 Å². The van der Waals surface area contributed by atoms with Crippen LogP contribution in [0.2, 0.25) is 0 Å². The number of nitrogens with one attached hydrogen (secondary N) is 2. The lowest BCUT2D eigenvalue weighted by Gasteiger charge is -2.35. The molecule has 0 aromatic carbocycles. The fraction of sp³-hybridized carbons (Fsp3) is 0.500. The lowest BCUT2D eigenvalue weighted by atomic mass is 9.89. The number of urea groups is 1. The third-order valence-electron chi connectivity index (χ3n) is 3.33. The summed E-state index contributed by atoms with van der Waals surface area (Å²) in [5, 5.41) is 14.4. The van der Waals surface area contributed by atoms with Gasteiger partial charge < -0.3 is 20.5 Å². The summed E-state index contributed by atoms with van der Waals surface area (Å²) >= 11 is 0. The fourth-order valence-electron chi connectivity index (χ4n) is 2.17. The van der Waals surface area contributed by atoms with E-state index in [1.807, 2.05) is 6.92 Å². The Bertz CT molecular complexity index is 515. The lowest BCUT2D eigenvalue weighted by molar-refractivity contribution is -0.00709. The summed E-state index contributed by atoms with van der Waals surface area (Å²) < 4.78 is 5.42. The molecule has 3 N–H and O–H groups in total. The zero-order valence-electron chi connectivity index (χ0n) is 11.8. The molecule has 0 saturated heterocycles. The number of nitrogens with zero attached hydrogens (tertiary/aromatic N) is 1. The third-order valence-corrected chi connectivity index (χ3v) is 3.33. The van der Waals surface area contributed by atoms with Gasteiger partial charge in [-0.25, -0.2) is 9.59 Å². The normalized spacial score (nSPS) is 20.4. The third kappa shape index (κ3) is 4.42. The quantitative estimate of drug-likeness (QED) is 0.730. The van der Waals surface area contributed by atoms with Gasteiger partial charge in [0.2, 0.25) is 0 Å². The van der Waals surface area contributed by atoms with Gasteiger partial charge in [0.1, 0.15) is 0 Å². The van der Waals surface area contributed by atoms with Crippen molar-refractivity contribution in [3.63, 3.8) is 0 Å². The van der Waals surface area contributed by atoms with Crippen LogP contribution in [0.4, 0.5) is 4.79 Å². The molecule has 0 spiro atoms. The highest BCUT2D eigenvalue weighted by molar-refractivity contribution is 5.87. The highest BCUT2D eigenvalue weighted by atomic mass is 16.5. The number of carboxylic acids is 1. The van der Waals surface area contributed by atoms with E-state index < -0.39 is 5.97 Å². The van der Waals surface area contributed by atoms with Gasteiger partial charge in [-0.2, -0.15) is 0 Å². The molecule has 21 heavy (non-hydrogen) atoms. The maximum atomic E-state index is 11.7. The minimum Gasteiger partial charge on any atom is -0.478 e. The van der Waals surface area contributed by atoms with Gasteiger partial charge in [-0.1, -0.05) is 0 Å². The number of hydrogen-bond donors (Lipinski definition) is 3. The van der Waals surface area contributed by atoms with Crippen LogP contribution in [0.1, 0.15) is 35.8 Å². The number of rotatable bonds is 6. The van der Waals surface area contributed by atoms with E-state index in [0.717, 1.165) is 12.8 Å². The Balaban J connectivity index is 1.72. The van der Waals surface area contributed by atoms with Gasteiger partial charge >= 0.3 is 12.0 Å². The number of aromatic nitrogens is 1. The summed E-state index contributed by atoms with van der Waals surface area (Å²) in [7, 11) is 0. The molecular formula is C14H19N3O4. The number of aromatic carboxylic acids is 1. The molecule has 114 valence electrons. The summed E-state index contributed by atoms with van der Waals surface area (Å²) in [5.41, 5.74) is 0.659. The van der Waals surface area contributed by atoms with Crippen molar-refractivity contribution < 1.29 is 19.4 Å². The Kier molecular flexibility index (Phi) is 5.10. The Morgan fingerprint density at radius 3 is 2.90 bits per heavy atom. The van der Waals surface area contributed by atoms with Crippen LogP contribution in [-0.4, -0.2) is 40.8 Å². The van der Waals surface area contributed by atoms with Crippen LogP contribution in [0.15, 0.2) is 18.3 Å². The zero-order chi connectivity index (χ0) is 15.2. The average molecular weight is 293 g/mol. The van der Waals surface area contributed by atoms with Crippen molar-refractivity contribution >= 4 is 12.0 Å². The van der Waals surface area contributed by atoms with Gasteiger partial charge in [-0.3, -0.25) is 4.98 Å². The Labute approximate surface area is 122 Å². The highest BCUT2D eigenvalue weighted by Gasteiger charge is 2.30. The molecule has 1 aliphatic rings. The maximum Gasteiger partial charge on any atom is 0.335 e. The number of ether oxygens (including phenoxy) is 1. The SMILES string of the molecule is CCOC1CC(NC(=O)NCc2cc(C(=O)O)ccn2)C1. The zero-order valence-corrected chi connectivity index (χ0v) is 11.8. The van der Waals surface area contributed by atoms with Crippen molar-refractivity contribution in [3.8, 4) is 0 Å². The second-order valence-corrected chi connectivity index (χ2v) is 4.91. The standard InChI is InChI=1S/C14H19N3O4/c1-2-21-12-6-10(7-12)17-14(20)16-8-11-5-9(13(18)19)3-4-15-11/h3-5,10,12H,2,6-8H2,1H3,(H,18,19)(H2,16,17,20). The van der Waals surface area contributed by atoms with Crippen molar-refractivity contribution in [2.75, 3.05) is 6.61 Å². The first-order valence-electron chi connectivity index (χ1n) is 6.92. The highest BCUT2D eigenvalue weighted by Crippen LogP contribution is 2.22. The van der Waals surface area contributed by atoms with Gasteiger partial charge in [0, 0.05) is 18.8 Å². The first-order valence-corrected chi connectivity index (χ1v) is 6.92. The first-order chi connectivity index (χ1) is 10.1. The lowest BCUT2D eigenvalue weighted by Crippen LogP contribution is -2.50. The number of carbonyl (C=O) groups excluding carboxylic acids is 1. The van der Waals surface area contributed by atoms with Crippen LogP contribution >= 0.6 is 0 Å². The van der Waals surface area contributed by atoms with Crippen LogP contribution < -0.4 is 10.6 Å². The fourth-order valence-corrected chi connectivity index (χ4v) is 2.17. The molecule has 0 aliphatic heterocycles. The molecule has 7 nitrogen and oxygen atoms in total. The van der Waals surface area contributed by atoms with Crippen LogP contribution in [0.25, 0.3) is 0 Å². The van der Waals surface area contributed by atoms with E-state index in [4.69, 9.17) is 9.84 Å². The van der Waals surface area contributed by atoms with Gasteiger partial charge in [0.15, 0.2) is 0 Å². The predicted molar refractivity (Wildman–Crippen MR) is 75.0 cm³/mol. The molecule has 0 bridgehead atoms. The van der Waals surface area contributed by atoms with Gasteiger partial charge in [0.25, 0.3) is 0 Å². The molecule has 1 heterocycles. The minimum atomic E-state index is -1.01. The van der Waals surface area contributed by atoms with E-state index in [-0.39, 0.29) is 30.3 Å². The van der Waals surface area contributed by atoms with Crippen LogP contribution in [0, 0.1) is 0 Å². The molecule has 1 saturated carbocycles. The van der Waals surface area contributed by atoms with E-state index in [1.165, 1.54) is 18.3 Å². The molecule has 1 aliphatic carbocycles. The minimum absolute atomic E-state index is 0.139. The van der Waals surface area contributed by atoms with Crippen LogP contribution in [-0.2, 0) is 11.3 Å². The largest absolute Gasteiger partial charge is 0.478 e. The maximum absolute atomic E-state index is 11.7. The summed E-state index contributed by atoms with van der Waals surface area (Å²) in [4.78, 5) is 26.5. The van der Waals surface area contributed by atoms with Gasteiger partial charge in [-0.05, 0) is 31.9 Å². The number of amides is 2. The number of hydrogen-bond acceptors (Lipinski definition) is 4. The van der Waals surface area contributed by atoms with E-state index in [1.54, 1.807) is 0 Å². The van der Waals surface area contributed by atoms with Crippen molar-refractivity contribution in [3.05, 3.63) is 29.6 Å². The molecule has 0 unspecified atom stereocenters. The second-order valence-electron chi connectivity index (χ2n) is 4.91. The monoisotopic (exact) mass is 293 g/mol. The smallest absolute Gasteiger partial charge is 0.335 e. The summed E-state index contributed by atoms with van der Waals surface area (Å²) in [6.45, 7) is 2.83. The second kappa shape index (κ2) is 7.03. The van der Waals surface area contributed by atoms with Gasteiger partial charge in [0.05, 0.1) is 23.9 Å². The molecule has 7 heteroatoms. The number of carbonyl (C=O) groups is 2. The molecule has 1 aromatic heterocycles. The van der Waals surface area contributed by atoms with Crippen molar-refractivity contribution in [2.24, 2.45) is 0 Å². The number of carboxylic acid groups (broad SMARTS) is 1. The van der Waals surface area contributed by atoms with Crippen molar-refractivity contribution in [1.29, 1.82) is 0 Å². The Morgan fingerprint density at radius 1 is 1.48 bits per heavy atom. The molecule has 1 fully saturated rings. The molecular weight excluding hydrogens is 274 g/mol. The van der Waals surface area contributed by atoms with E-state index >= 15 is 0 Å². The van der Waals surface area contributed by atoms with Crippen LogP contribution in [0.5, 0.6) is 0 Å². The van der Waals surface area contributed by atoms with Crippen LogP contribution in [0.3, 0.4) is 0 Å². The predicted octanol–water partition coefficient (Wildman–Crippen LogP) is 1.15. The Morgan fingerprint density at radius 2 is 2.24 bits per heavy atom. The topological polar surface area (TPSA) is 101 Å². The molecule has 0 radical (unpaired) electrons. The summed E-state index contributed by atoms with van der Waals surface area (Å²) in [6.07, 6.45) is 3.31. The van der Waals surface area contributed by atoms with E-state index in [9.17, 15) is 9.59 Å². The summed E-state index contributed by atoms with van der Waals surface area (Å²) in [5.74, 6) is -1.01. The molecule has 2 amide bonds.